The van der Waals surface area contributed by atoms with Gasteiger partial charge in [0.2, 0.25) is 5.13 Å². The molecule has 0 aliphatic heterocycles. The molecular formula is C14H15N5S. The summed E-state index contributed by atoms with van der Waals surface area (Å²) in [6.45, 7) is 0.581. The minimum absolute atomic E-state index is 0.577. The van der Waals surface area contributed by atoms with Gasteiger partial charge in [-0.1, -0.05) is 12.1 Å². The molecule has 2 aromatic heterocycles. The highest BCUT2D eigenvalue weighted by Crippen LogP contribution is 2.39. The van der Waals surface area contributed by atoms with Crippen LogP contribution in [-0.2, 0) is 6.42 Å². The van der Waals surface area contributed by atoms with Crippen molar-refractivity contribution in [2.45, 2.75) is 25.2 Å². The Morgan fingerprint density at radius 2 is 2.10 bits per heavy atom. The summed E-state index contributed by atoms with van der Waals surface area (Å²) in [7, 11) is 0. The van der Waals surface area contributed by atoms with E-state index < -0.39 is 0 Å². The maximum atomic E-state index is 5.71. The first-order valence-corrected chi connectivity index (χ1v) is 7.64. The third-order valence-electron chi connectivity index (χ3n) is 3.56. The highest BCUT2D eigenvalue weighted by molar-refractivity contribution is 7.08. The minimum Gasteiger partial charge on any atom is -0.330 e. The number of imidazole rings is 1. The van der Waals surface area contributed by atoms with Crippen LogP contribution < -0.4 is 5.73 Å². The van der Waals surface area contributed by atoms with Crippen LogP contribution in [0.25, 0.3) is 16.2 Å². The molecule has 0 bridgehead atoms. The van der Waals surface area contributed by atoms with Crippen LogP contribution in [0.15, 0.2) is 24.3 Å². The quantitative estimate of drug-likeness (QED) is 0.798. The standard InChI is InChI=1S/C14H15N5S/c15-8-7-12-16-10-3-1-2-4-11(10)19(12)14-17-13(18-20-14)9-5-6-9/h1-4,9H,5-8,15H2. The zero-order valence-corrected chi connectivity index (χ0v) is 11.8. The SMILES string of the molecule is NCCc1nc2ccccc2n1-c1nc(C2CC2)ns1. The van der Waals surface area contributed by atoms with Gasteiger partial charge >= 0.3 is 0 Å². The first-order valence-electron chi connectivity index (χ1n) is 6.87. The molecule has 1 saturated carbocycles. The molecule has 0 atom stereocenters. The Balaban J connectivity index is 1.88. The molecule has 1 aliphatic rings. The van der Waals surface area contributed by atoms with E-state index >= 15 is 0 Å². The molecule has 0 saturated heterocycles. The lowest BCUT2D eigenvalue weighted by atomic mass is 10.3. The van der Waals surface area contributed by atoms with Crippen molar-refractivity contribution >= 4 is 22.6 Å². The predicted molar refractivity (Wildman–Crippen MR) is 79.3 cm³/mol. The van der Waals surface area contributed by atoms with Crippen LogP contribution >= 0.6 is 11.5 Å². The van der Waals surface area contributed by atoms with Crippen molar-refractivity contribution in [3.8, 4) is 5.13 Å². The van der Waals surface area contributed by atoms with Crippen molar-refractivity contribution in [2.24, 2.45) is 5.73 Å². The normalized spacial score (nSPS) is 15.1. The van der Waals surface area contributed by atoms with E-state index in [1.807, 2.05) is 18.2 Å². The number of nitrogens with two attached hydrogens (primary N) is 1. The third kappa shape index (κ3) is 1.92. The van der Waals surface area contributed by atoms with Crippen molar-refractivity contribution in [1.82, 2.24) is 18.9 Å². The van der Waals surface area contributed by atoms with Gasteiger partial charge in [0.15, 0.2) is 0 Å². The third-order valence-corrected chi connectivity index (χ3v) is 4.28. The molecule has 1 fully saturated rings. The Hall–Kier alpha value is -1.79. The van der Waals surface area contributed by atoms with Crippen molar-refractivity contribution in [1.29, 1.82) is 0 Å². The summed E-state index contributed by atoms with van der Waals surface area (Å²) < 4.78 is 6.60. The molecule has 4 rings (SSSR count). The summed E-state index contributed by atoms with van der Waals surface area (Å²) >= 11 is 1.45. The second-order valence-electron chi connectivity index (χ2n) is 5.10. The van der Waals surface area contributed by atoms with Crippen LogP contribution in [-0.4, -0.2) is 25.5 Å². The monoisotopic (exact) mass is 285 g/mol. The smallest absolute Gasteiger partial charge is 0.215 e. The average Bonchev–Trinajstić information content (AvgIpc) is 3.09. The van der Waals surface area contributed by atoms with Crippen LogP contribution in [0.4, 0.5) is 0 Å². The first-order chi connectivity index (χ1) is 9.86. The molecule has 1 aromatic carbocycles. The van der Waals surface area contributed by atoms with Gasteiger partial charge in [-0.25, -0.2) is 9.97 Å². The molecule has 3 aromatic rings. The summed E-state index contributed by atoms with van der Waals surface area (Å²) in [6.07, 6.45) is 3.18. The fourth-order valence-corrected chi connectivity index (χ4v) is 3.20. The van der Waals surface area contributed by atoms with Crippen LogP contribution in [0.3, 0.4) is 0 Å². The van der Waals surface area contributed by atoms with Gasteiger partial charge in [-0.05, 0) is 31.5 Å². The van der Waals surface area contributed by atoms with Gasteiger partial charge < -0.3 is 5.73 Å². The maximum Gasteiger partial charge on any atom is 0.215 e. The Morgan fingerprint density at radius 3 is 2.90 bits per heavy atom. The molecule has 102 valence electrons. The lowest BCUT2D eigenvalue weighted by Gasteiger charge is -2.03. The zero-order valence-electron chi connectivity index (χ0n) is 11.0. The molecule has 0 unspecified atom stereocenters. The second-order valence-corrected chi connectivity index (χ2v) is 5.83. The summed E-state index contributed by atoms with van der Waals surface area (Å²) in [4.78, 5) is 9.37. The number of hydrogen-bond donors (Lipinski definition) is 1. The second kappa shape index (κ2) is 4.64. The number of benzene rings is 1. The van der Waals surface area contributed by atoms with E-state index in [9.17, 15) is 0 Å². The van der Waals surface area contributed by atoms with Crippen LogP contribution in [0.1, 0.15) is 30.4 Å². The van der Waals surface area contributed by atoms with Gasteiger partial charge in [0.1, 0.15) is 11.6 Å². The number of hydrogen-bond acceptors (Lipinski definition) is 5. The van der Waals surface area contributed by atoms with E-state index in [1.54, 1.807) is 0 Å². The predicted octanol–water partition coefficient (Wildman–Crippen LogP) is 2.26. The molecule has 20 heavy (non-hydrogen) atoms. The van der Waals surface area contributed by atoms with E-state index in [-0.39, 0.29) is 0 Å². The summed E-state index contributed by atoms with van der Waals surface area (Å²) in [5.41, 5.74) is 7.77. The Bertz CT molecular complexity index is 756. The summed E-state index contributed by atoms with van der Waals surface area (Å²) in [5, 5.41) is 0.907. The van der Waals surface area contributed by atoms with Crippen LogP contribution in [0.5, 0.6) is 0 Å². The van der Waals surface area contributed by atoms with E-state index in [0.717, 1.165) is 34.2 Å². The minimum atomic E-state index is 0.577. The van der Waals surface area contributed by atoms with Gasteiger partial charge in [0.05, 0.1) is 11.0 Å². The van der Waals surface area contributed by atoms with Crippen molar-refractivity contribution in [3.05, 3.63) is 35.9 Å². The largest absolute Gasteiger partial charge is 0.330 e. The molecule has 2 heterocycles. The number of fused-ring (bicyclic) bond motifs is 1. The molecule has 6 heteroatoms. The Kier molecular flexibility index (Phi) is 2.78. The van der Waals surface area contributed by atoms with Gasteiger partial charge in [0, 0.05) is 23.9 Å². The van der Waals surface area contributed by atoms with E-state index in [1.165, 1.54) is 24.4 Å². The van der Waals surface area contributed by atoms with Gasteiger partial charge in [-0.15, -0.1) is 0 Å². The number of nitrogens with zero attached hydrogens (tertiary/aromatic N) is 4. The Labute approximate surface area is 120 Å². The number of rotatable bonds is 4. The lowest BCUT2D eigenvalue weighted by Crippen LogP contribution is -2.08. The highest BCUT2D eigenvalue weighted by Gasteiger charge is 2.28. The van der Waals surface area contributed by atoms with Crippen molar-refractivity contribution in [2.75, 3.05) is 6.54 Å². The number of aromatic nitrogens is 4. The maximum absolute atomic E-state index is 5.71. The fourth-order valence-electron chi connectivity index (χ4n) is 2.41. The molecule has 0 radical (unpaired) electrons. The molecular weight excluding hydrogens is 270 g/mol. The molecule has 5 nitrogen and oxygen atoms in total. The van der Waals surface area contributed by atoms with Gasteiger partial charge in [-0.2, -0.15) is 4.37 Å². The number of para-hydroxylation sites is 2. The first kappa shape index (κ1) is 12.0. The Morgan fingerprint density at radius 1 is 1.25 bits per heavy atom. The molecule has 0 spiro atoms. The summed E-state index contributed by atoms with van der Waals surface area (Å²) in [6, 6.07) is 8.12. The molecule has 0 amide bonds. The lowest BCUT2D eigenvalue weighted by molar-refractivity contribution is 0.838. The highest BCUT2D eigenvalue weighted by atomic mass is 32.1. The van der Waals surface area contributed by atoms with Crippen molar-refractivity contribution in [3.63, 3.8) is 0 Å². The van der Waals surface area contributed by atoms with Gasteiger partial charge in [-0.3, -0.25) is 4.57 Å². The van der Waals surface area contributed by atoms with Crippen LogP contribution in [0.2, 0.25) is 0 Å². The van der Waals surface area contributed by atoms with Crippen molar-refractivity contribution < 1.29 is 0 Å². The molecule has 2 N–H and O–H groups in total. The summed E-state index contributed by atoms with van der Waals surface area (Å²) in [5.74, 6) is 2.53. The molecule has 1 aliphatic carbocycles. The van der Waals surface area contributed by atoms with E-state index in [2.05, 4.69) is 20.0 Å². The zero-order chi connectivity index (χ0) is 13.5. The van der Waals surface area contributed by atoms with E-state index in [4.69, 9.17) is 10.7 Å². The van der Waals surface area contributed by atoms with E-state index in [0.29, 0.717) is 12.5 Å². The average molecular weight is 285 g/mol. The van der Waals surface area contributed by atoms with Crippen LogP contribution in [0, 0.1) is 0 Å². The van der Waals surface area contributed by atoms with Gasteiger partial charge in [0.25, 0.3) is 0 Å². The fraction of sp³-hybridized carbons (Fsp3) is 0.357. The topological polar surface area (TPSA) is 69.6 Å².